The van der Waals surface area contributed by atoms with Crippen molar-refractivity contribution in [1.82, 2.24) is 5.32 Å². The highest BCUT2D eigenvalue weighted by Crippen LogP contribution is 2.39. The van der Waals surface area contributed by atoms with E-state index in [4.69, 9.17) is 21.1 Å². The van der Waals surface area contributed by atoms with Gasteiger partial charge in [-0.15, -0.1) is 0 Å². The summed E-state index contributed by atoms with van der Waals surface area (Å²) in [5.41, 5.74) is 0.648. The Hall–Kier alpha value is -1.72. The van der Waals surface area contributed by atoms with Crippen LogP contribution in [-0.4, -0.2) is 18.1 Å². The van der Waals surface area contributed by atoms with Crippen molar-refractivity contribution in [2.45, 2.75) is 31.9 Å². The third-order valence-corrected chi connectivity index (χ3v) is 4.82. The second kappa shape index (κ2) is 7.26. The van der Waals surface area contributed by atoms with Gasteiger partial charge >= 0.3 is 0 Å². The van der Waals surface area contributed by atoms with E-state index in [9.17, 15) is 4.79 Å². The maximum absolute atomic E-state index is 12.4. The van der Waals surface area contributed by atoms with Gasteiger partial charge in [0.25, 0.3) is 5.91 Å². The fraction of sp³-hybridized carbons (Fsp3) is 0.316. The summed E-state index contributed by atoms with van der Waals surface area (Å²) in [5.74, 6) is 1.21. The van der Waals surface area contributed by atoms with E-state index in [2.05, 4.69) is 21.2 Å². The average Bonchev–Trinajstić information content (AvgIpc) is 2.53. The summed E-state index contributed by atoms with van der Waals surface area (Å²) in [6.07, 6.45) is 0.695. The molecule has 0 saturated heterocycles. The SMILES string of the molecule is CC1(C)C[C@@H](NC(=O)COc2ccc(Cl)cc2Br)c2ccccc2O1. The van der Waals surface area contributed by atoms with Crippen molar-refractivity contribution in [3.8, 4) is 11.5 Å². The Labute approximate surface area is 160 Å². The fourth-order valence-electron chi connectivity index (χ4n) is 2.90. The van der Waals surface area contributed by atoms with Gasteiger partial charge in [-0.1, -0.05) is 29.8 Å². The van der Waals surface area contributed by atoms with Crippen LogP contribution in [0.1, 0.15) is 31.9 Å². The second-order valence-electron chi connectivity index (χ2n) is 6.59. The first-order valence-corrected chi connectivity index (χ1v) is 9.16. The maximum atomic E-state index is 12.4. The van der Waals surface area contributed by atoms with Crippen LogP contribution in [0.25, 0.3) is 0 Å². The van der Waals surface area contributed by atoms with E-state index in [1.165, 1.54) is 0 Å². The van der Waals surface area contributed by atoms with E-state index in [1.54, 1.807) is 18.2 Å². The van der Waals surface area contributed by atoms with Crippen LogP contribution in [0, 0.1) is 0 Å². The molecule has 1 aliphatic heterocycles. The Kier molecular flexibility index (Phi) is 5.25. The molecule has 1 amide bonds. The van der Waals surface area contributed by atoms with E-state index in [-0.39, 0.29) is 24.2 Å². The molecule has 0 bridgehead atoms. The van der Waals surface area contributed by atoms with Crippen molar-refractivity contribution in [1.29, 1.82) is 0 Å². The maximum Gasteiger partial charge on any atom is 0.258 e. The van der Waals surface area contributed by atoms with Crippen molar-refractivity contribution in [3.63, 3.8) is 0 Å². The zero-order chi connectivity index (χ0) is 18.0. The predicted molar refractivity (Wildman–Crippen MR) is 101 cm³/mol. The molecule has 0 saturated carbocycles. The highest BCUT2D eigenvalue weighted by Gasteiger charge is 2.34. The van der Waals surface area contributed by atoms with Crippen LogP contribution in [0.3, 0.4) is 0 Å². The number of amides is 1. The van der Waals surface area contributed by atoms with Crippen molar-refractivity contribution in [2.24, 2.45) is 0 Å². The number of carbonyl (C=O) groups is 1. The van der Waals surface area contributed by atoms with Crippen LogP contribution in [0.5, 0.6) is 11.5 Å². The van der Waals surface area contributed by atoms with Gasteiger partial charge in [-0.2, -0.15) is 0 Å². The number of halogens is 2. The second-order valence-corrected chi connectivity index (χ2v) is 7.88. The number of carbonyl (C=O) groups excluding carboxylic acids is 1. The molecule has 0 spiro atoms. The van der Waals surface area contributed by atoms with Gasteiger partial charge < -0.3 is 14.8 Å². The summed E-state index contributed by atoms with van der Waals surface area (Å²) in [5, 5.41) is 3.65. The van der Waals surface area contributed by atoms with Crippen molar-refractivity contribution < 1.29 is 14.3 Å². The predicted octanol–water partition coefficient (Wildman–Crippen LogP) is 4.90. The van der Waals surface area contributed by atoms with Gasteiger partial charge in [0.05, 0.1) is 10.5 Å². The molecule has 2 aromatic rings. The molecule has 2 aromatic carbocycles. The molecule has 6 heteroatoms. The van der Waals surface area contributed by atoms with Gasteiger partial charge in [0, 0.05) is 17.0 Å². The highest BCUT2D eigenvalue weighted by molar-refractivity contribution is 9.10. The smallest absolute Gasteiger partial charge is 0.258 e. The lowest BCUT2D eigenvalue weighted by Gasteiger charge is -2.37. The summed E-state index contributed by atoms with van der Waals surface area (Å²) >= 11 is 9.28. The van der Waals surface area contributed by atoms with Gasteiger partial charge in [-0.25, -0.2) is 0 Å². The van der Waals surface area contributed by atoms with Crippen LogP contribution in [0.15, 0.2) is 46.9 Å². The lowest BCUT2D eigenvalue weighted by molar-refractivity contribution is -0.124. The van der Waals surface area contributed by atoms with Crippen molar-refractivity contribution in [3.05, 3.63) is 57.5 Å². The van der Waals surface area contributed by atoms with Crippen LogP contribution >= 0.6 is 27.5 Å². The standard InChI is InChI=1S/C19H19BrClNO3/c1-19(2)10-15(13-5-3-4-6-16(13)25-19)22-18(23)11-24-17-8-7-12(21)9-14(17)20/h3-9,15H,10-11H2,1-2H3,(H,22,23)/t15-/m1/s1. The minimum Gasteiger partial charge on any atom is -0.487 e. The molecular formula is C19H19BrClNO3. The molecule has 1 heterocycles. The Morgan fingerprint density at radius 3 is 2.88 bits per heavy atom. The molecule has 132 valence electrons. The number of para-hydroxylation sites is 1. The van der Waals surface area contributed by atoms with Gasteiger partial charge in [0.1, 0.15) is 17.1 Å². The minimum atomic E-state index is -0.341. The molecule has 25 heavy (non-hydrogen) atoms. The lowest BCUT2D eigenvalue weighted by Crippen LogP contribution is -2.42. The molecule has 0 aliphatic carbocycles. The Balaban J connectivity index is 1.66. The zero-order valence-corrected chi connectivity index (χ0v) is 16.4. The van der Waals surface area contributed by atoms with Crippen LogP contribution < -0.4 is 14.8 Å². The van der Waals surface area contributed by atoms with Crippen LogP contribution in [-0.2, 0) is 4.79 Å². The van der Waals surface area contributed by atoms with Crippen molar-refractivity contribution >= 4 is 33.4 Å². The number of ether oxygens (including phenoxy) is 2. The summed E-state index contributed by atoms with van der Waals surface area (Å²) in [6, 6.07) is 12.9. The van der Waals surface area contributed by atoms with Crippen LogP contribution in [0.4, 0.5) is 0 Å². The molecule has 1 aliphatic rings. The van der Waals surface area contributed by atoms with E-state index < -0.39 is 0 Å². The number of hydrogen-bond acceptors (Lipinski definition) is 3. The first-order valence-electron chi connectivity index (χ1n) is 7.99. The van der Waals surface area contributed by atoms with E-state index in [0.717, 1.165) is 11.3 Å². The Morgan fingerprint density at radius 2 is 2.12 bits per heavy atom. The molecule has 0 fully saturated rings. The molecule has 1 N–H and O–H groups in total. The molecule has 3 rings (SSSR count). The lowest BCUT2D eigenvalue weighted by atomic mass is 9.90. The number of nitrogens with one attached hydrogen (secondary N) is 1. The third kappa shape index (κ3) is 4.47. The molecule has 1 atom stereocenters. The fourth-order valence-corrected chi connectivity index (χ4v) is 3.70. The number of fused-ring (bicyclic) bond motifs is 1. The number of rotatable bonds is 4. The first kappa shape index (κ1) is 18.1. The van der Waals surface area contributed by atoms with Gasteiger partial charge in [0.2, 0.25) is 0 Å². The summed E-state index contributed by atoms with van der Waals surface area (Å²) < 4.78 is 12.3. The quantitative estimate of drug-likeness (QED) is 0.759. The van der Waals surface area contributed by atoms with E-state index in [1.807, 2.05) is 38.1 Å². The first-order chi connectivity index (χ1) is 11.8. The zero-order valence-electron chi connectivity index (χ0n) is 14.0. The Bertz CT molecular complexity index is 794. The monoisotopic (exact) mass is 423 g/mol. The number of hydrogen-bond donors (Lipinski definition) is 1. The summed E-state index contributed by atoms with van der Waals surface area (Å²) in [7, 11) is 0. The average molecular weight is 425 g/mol. The molecular weight excluding hydrogens is 406 g/mol. The van der Waals surface area contributed by atoms with E-state index in [0.29, 0.717) is 21.7 Å². The van der Waals surface area contributed by atoms with Gasteiger partial charge in [-0.05, 0) is 54.0 Å². The normalized spacial score (nSPS) is 18.0. The van der Waals surface area contributed by atoms with Gasteiger partial charge in [-0.3, -0.25) is 4.79 Å². The van der Waals surface area contributed by atoms with Gasteiger partial charge in [0.15, 0.2) is 6.61 Å². The summed E-state index contributed by atoms with van der Waals surface area (Å²) in [4.78, 5) is 12.4. The van der Waals surface area contributed by atoms with Crippen LogP contribution in [0.2, 0.25) is 5.02 Å². The molecule has 4 nitrogen and oxygen atoms in total. The Morgan fingerprint density at radius 1 is 1.36 bits per heavy atom. The molecule has 0 aromatic heterocycles. The number of benzene rings is 2. The largest absolute Gasteiger partial charge is 0.487 e. The minimum absolute atomic E-state index is 0.0693. The highest BCUT2D eigenvalue weighted by atomic mass is 79.9. The third-order valence-electron chi connectivity index (χ3n) is 3.96. The summed E-state index contributed by atoms with van der Waals surface area (Å²) in [6.45, 7) is 3.97. The molecule has 0 radical (unpaired) electrons. The van der Waals surface area contributed by atoms with E-state index >= 15 is 0 Å². The van der Waals surface area contributed by atoms with Crippen molar-refractivity contribution in [2.75, 3.05) is 6.61 Å². The topological polar surface area (TPSA) is 47.6 Å². The molecule has 0 unspecified atom stereocenters.